The lowest BCUT2D eigenvalue weighted by atomic mass is 10.1. The fraction of sp³-hybridized carbons (Fsp3) is 1.00. The first-order valence-corrected chi connectivity index (χ1v) is 2.94. The van der Waals surface area contributed by atoms with Gasteiger partial charge in [-0.15, -0.1) is 0 Å². The van der Waals surface area contributed by atoms with Gasteiger partial charge in [-0.25, -0.2) is 4.39 Å². The van der Waals surface area contributed by atoms with E-state index >= 15 is 0 Å². The van der Waals surface area contributed by atoms with Gasteiger partial charge in [0, 0.05) is 0 Å². The van der Waals surface area contributed by atoms with Crippen molar-refractivity contribution in [3.63, 3.8) is 0 Å². The van der Waals surface area contributed by atoms with E-state index in [1.807, 2.05) is 0 Å². The third-order valence-electron chi connectivity index (χ3n) is 1.32. The average molecular weight is 214 g/mol. The second kappa shape index (κ2) is 3.00. The van der Waals surface area contributed by atoms with Crippen molar-refractivity contribution in [3.05, 3.63) is 0 Å². The number of alkyl halides is 7. The van der Waals surface area contributed by atoms with Crippen molar-refractivity contribution in [2.75, 3.05) is 0 Å². The number of hydrogen-bond acceptors (Lipinski definition) is 1. The monoisotopic (exact) mass is 214 g/mol. The molecule has 2 atom stereocenters. The van der Waals surface area contributed by atoms with Crippen molar-refractivity contribution in [2.45, 2.75) is 31.0 Å². The fourth-order valence-corrected chi connectivity index (χ4v) is 0.453. The predicted molar refractivity (Wildman–Crippen MR) is 27.6 cm³/mol. The third-order valence-corrected chi connectivity index (χ3v) is 1.32. The van der Waals surface area contributed by atoms with E-state index in [0.717, 1.165) is 0 Å². The maximum atomic E-state index is 12.1. The Balaban J connectivity index is 5.04. The lowest BCUT2D eigenvalue weighted by molar-refractivity contribution is -0.394. The molecule has 0 fully saturated rings. The number of rotatable bonds is 2. The van der Waals surface area contributed by atoms with Crippen molar-refractivity contribution < 1.29 is 35.8 Å². The van der Waals surface area contributed by atoms with Crippen molar-refractivity contribution in [3.8, 4) is 0 Å². The van der Waals surface area contributed by atoms with E-state index in [-0.39, 0.29) is 6.92 Å². The van der Waals surface area contributed by atoms with E-state index in [1.165, 1.54) is 0 Å². The van der Waals surface area contributed by atoms with Gasteiger partial charge in [0.25, 0.3) is 0 Å². The highest BCUT2D eigenvalue weighted by Gasteiger charge is 2.73. The summed E-state index contributed by atoms with van der Waals surface area (Å²) in [5.41, 5.74) is 0. The zero-order valence-corrected chi connectivity index (χ0v) is 6.17. The molecular formula is C5H5F7O. The highest BCUT2D eigenvalue weighted by Crippen LogP contribution is 2.45. The number of halogens is 7. The summed E-state index contributed by atoms with van der Waals surface area (Å²) < 4.78 is 82.4. The Bertz CT molecular complexity index is 182. The maximum Gasteiger partial charge on any atom is 0.454 e. The molecule has 0 amide bonds. The molecule has 0 saturated heterocycles. The fourth-order valence-electron chi connectivity index (χ4n) is 0.453. The molecule has 0 aromatic carbocycles. The Hall–Kier alpha value is -0.530. The van der Waals surface area contributed by atoms with Gasteiger partial charge >= 0.3 is 18.0 Å². The summed E-state index contributed by atoms with van der Waals surface area (Å²) in [6.07, 6.45) is -9.69. The van der Waals surface area contributed by atoms with Crippen LogP contribution in [0.15, 0.2) is 0 Å². The van der Waals surface area contributed by atoms with Crippen LogP contribution in [0.3, 0.4) is 0 Å². The van der Waals surface area contributed by atoms with Crippen LogP contribution < -0.4 is 0 Å². The second-order valence-corrected chi connectivity index (χ2v) is 2.36. The van der Waals surface area contributed by atoms with Crippen molar-refractivity contribution >= 4 is 0 Å². The van der Waals surface area contributed by atoms with Gasteiger partial charge in [-0.2, -0.15) is 26.3 Å². The highest BCUT2D eigenvalue weighted by atomic mass is 19.4. The van der Waals surface area contributed by atoms with E-state index in [2.05, 4.69) is 0 Å². The Morgan fingerprint density at radius 3 is 1.38 bits per heavy atom. The molecule has 0 radical (unpaired) electrons. The molecular weight excluding hydrogens is 209 g/mol. The number of aliphatic hydroxyl groups is 1. The Morgan fingerprint density at radius 1 is 1.00 bits per heavy atom. The molecule has 0 saturated carbocycles. The summed E-state index contributed by atoms with van der Waals surface area (Å²) in [6, 6.07) is 0. The van der Waals surface area contributed by atoms with Gasteiger partial charge in [-0.05, 0) is 6.92 Å². The lowest BCUT2D eigenvalue weighted by Crippen LogP contribution is -2.59. The summed E-state index contributed by atoms with van der Waals surface area (Å²) in [5, 5.41) is 7.77. The lowest BCUT2D eigenvalue weighted by Gasteiger charge is -2.30. The number of hydrogen-bond donors (Lipinski definition) is 1. The molecule has 0 aliphatic heterocycles. The van der Waals surface area contributed by atoms with Crippen LogP contribution in [0.1, 0.15) is 6.92 Å². The van der Waals surface area contributed by atoms with Gasteiger partial charge in [0.15, 0.2) is 6.17 Å². The van der Waals surface area contributed by atoms with E-state index in [1.54, 1.807) is 0 Å². The largest absolute Gasteiger partial charge is 0.454 e. The topological polar surface area (TPSA) is 20.2 Å². The van der Waals surface area contributed by atoms with Crippen LogP contribution in [0.4, 0.5) is 30.7 Å². The van der Waals surface area contributed by atoms with Crippen LogP contribution in [-0.2, 0) is 0 Å². The quantitative estimate of drug-likeness (QED) is 0.698. The van der Waals surface area contributed by atoms with Crippen LogP contribution in [0.5, 0.6) is 0 Å². The summed E-state index contributed by atoms with van der Waals surface area (Å²) in [4.78, 5) is 0. The maximum absolute atomic E-state index is 12.1. The minimum atomic E-state index is -6.24. The standard InChI is InChI=1S/C5H5F7O/c1-2(6)3(7,8)4(9,13)5(10,11)12/h2,13H,1H3. The smallest absolute Gasteiger partial charge is 0.350 e. The molecule has 8 heteroatoms. The summed E-state index contributed by atoms with van der Waals surface area (Å²) in [5.74, 6) is -11.4. The van der Waals surface area contributed by atoms with Gasteiger partial charge in [0.1, 0.15) is 0 Å². The van der Waals surface area contributed by atoms with Gasteiger partial charge in [-0.1, -0.05) is 0 Å². The molecule has 0 aromatic rings. The zero-order chi connectivity index (χ0) is 11.1. The van der Waals surface area contributed by atoms with Gasteiger partial charge in [0.05, 0.1) is 0 Å². The molecule has 0 bridgehead atoms. The van der Waals surface area contributed by atoms with E-state index in [4.69, 9.17) is 5.11 Å². The van der Waals surface area contributed by atoms with Crippen molar-refractivity contribution in [1.29, 1.82) is 0 Å². The van der Waals surface area contributed by atoms with Crippen LogP contribution in [0, 0.1) is 0 Å². The van der Waals surface area contributed by atoms with Crippen LogP contribution in [-0.4, -0.2) is 29.2 Å². The molecule has 1 nitrogen and oxygen atoms in total. The van der Waals surface area contributed by atoms with Crippen LogP contribution in [0.25, 0.3) is 0 Å². The third kappa shape index (κ3) is 1.87. The summed E-state index contributed by atoms with van der Waals surface area (Å²) >= 11 is 0. The van der Waals surface area contributed by atoms with Gasteiger partial charge < -0.3 is 5.11 Å². The van der Waals surface area contributed by atoms with Crippen LogP contribution in [0.2, 0.25) is 0 Å². The molecule has 0 spiro atoms. The normalized spacial score (nSPS) is 21.0. The molecule has 2 unspecified atom stereocenters. The molecule has 1 N–H and O–H groups in total. The van der Waals surface area contributed by atoms with Gasteiger partial charge in [-0.3, -0.25) is 0 Å². The molecule has 0 aliphatic rings. The molecule has 0 aliphatic carbocycles. The average Bonchev–Trinajstić information content (AvgIpc) is 1.84. The molecule has 0 heterocycles. The summed E-state index contributed by atoms with van der Waals surface area (Å²) in [6.45, 7) is 0.0102. The van der Waals surface area contributed by atoms with Crippen molar-refractivity contribution in [1.82, 2.24) is 0 Å². The Kier molecular flexibility index (Phi) is 2.88. The van der Waals surface area contributed by atoms with Crippen LogP contribution >= 0.6 is 0 Å². The first-order valence-electron chi connectivity index (χ1n) is 2.94. The first kappa shape index (κ1) is 12.5. The first-order chi connectivity index (χ1) is 5.44. The minimum Gasteiger partial charge on any atom is -0.350 e. The zero-order valence-electron chi connectivity index (χ0n) is 6.17. The molecule has 13 heavy (non-hydrogen) atoms. The highest BCUT2D eigenvalue weighted by molar-refractivity contribution is 4.93. The van der Waals surface area contributed by atoms with Crippen molar-refractivity contribution in [2.24, 2.45) is 0 Å². The predicted octanol–water partition coefficient (Wildman–Crippen LogP) is 2.20. The summed E-state index contributed by atoms with van der Waals surface area (Å²) in [7, 11) is 0. The van der Waals surface area contributed by atoms with E-state index in [9.17, 15) is 30.7 Å². The molecule has 0 rings (SSSR count). The Morgan fingerprint density at radius 2 is 1.31 bits per heavy atom. The Labute approximate surface area is 68.2 Å². The molecule has 80 valence electrons. The minimum absolute atomic E-state index is 0.0102. The van der Waals surface area contributed by atoms with Gasteiger partial charge in [0.2, 0.25) is 0 Å². The SMILES string of the molecule is CC(F)C(F)(F)C(O)(F)C(F)(F)F. The molecule has 0 aromatic heterocycles. The van der Waals surface area contributed by atoms with E-state index < -0.39 is 24.1 Å². The van der Waals surface area contributed by atoms with E-state index in [0.29, 0.717) is 0 Å². The second-order valence-electron chi connectivity index (χ2n) is 2.36.